The van der Waals surface area contributed by atoms with E-state index in [4.69, 9.17) is 0 Å². The average Bonchev–Trinajstić information content (AvgIpc) is 3.74. The third-order valence-corrected chi connectivity index (χ3v) is 11.5. The molecule has 2 aliphatic rings. The molecule has 0 fully saturated rings. The summed E-state index contributed by atoms with van der Waals surface area (Å²) in [4.78, 5) is 2.61. The molecule has 0 spiro atoms. The first-order chi connectivity index (χ1) is 25.9. The van der Waals surface area contributed by atoms with Gasteiger partial charge in [-0.3, -0.25) is 0 Å². The minimum atomic E-state index is 0.0670. The lowest BCUT2D eigenvalue weighted by Gasteiger charge is -2.43. The van der Waals surface area contributed by atoms with Crippen molar-refractivity contribution in [2.75, 3.05) is 4.81 Å². The predicted molar refractivity (Wildman–Crippen MR) is 220 cm³/mol. The molecule has 52 heavy (non-hydrogen) atoms. The number of fused-ring (bicyclic) bond motifs is 19. The first-order valence-electron chi connectivity index (χ1n) is 18.1. The van der Waals surface area contributed by atoms with Crippen LogP contribution in [0.2, 0.25) is 0 Å². The lowest BCUT2D eigenvalue weighted by atomic mass is 9.43. The molecular formula is C48H30BN3. The van der Waals surface area contributed by atoms with Crippen LogP contribution in [0.15, 0.2) is 182 Å². The van der Waals surface area contributed by atoms with Gasteiger partial charge in [-0.1, -0.05) is 127 Å². The maximum absolute atomic E-state index is 2.61. The highest BCUT2D eigenvalue weighted by atomic mass is 15.1. The second-order valence-corrected chi connectivity index (χ2v) is 14.0. The lowest BCUT2D eigenvalue weighted by Crippen LogP contribution is -2.59. The summed E-state index contributed by atoms with van der Waals surface area (Å²) in [6.45, 7) is 0.0670. The summed E-state index contributed by atoms with van der Waals surface area (Å²) >= 11 is 0. The quantitative estimate of drug-likeness (QED) is 0.168. The Labute approximate surface area is 301 Å². The standard InChI is InChI=1S/C48H30BN3/c1-3-15-31(16-4-1)50-40-25-13-10-22-36(40)45-42(50)29-30-43-46(45)37-27-28-44-47(48(37)51(43)32-17-5-2-6-18-32)35-21-8-12-24-39(35)49-38-23-11-7-19-33(38)34-20-9-14-26-41(34)52(44)49/h1-30H. The van der Waals surface area contributed by atoms with E-state index in [0.717, 1.165) is 5.69 Å². The fourth-order valence-corrected chi connectivity index (χ4v) is 9.52. The van der Waals surface area contributed by atoms with Gasteiger partial charge in [-0.05, 0) is 76.6 Å². The minimum Gasteiger partial charge on any atom is -0.376 e. The van der Waals surface area contributed by atoms with Crippen LogP contribution in [0, 0.1) is 0 Å². The van der Waals surface area contributed by atoms with Crippen LogP contribution >= 0.6 is 0 Å². The Balaban J connectivity index is 1.28. The molecule has 4 heterocycles. The fraction of sp³-hybridized carbons (Fsp3) is 0. The number of benzene rings is 8. The van der Waals surface area contributed by atoms with Crippen molar-refractivity contribution in [3.8, 4) is 33.6 Å². The Morgan fingerprint density at radius 3 is 1.67 bits per heavy atom. The molecule has 2 aromatic heterocycles. The molecule has 10 aromatic rings. The van der Waals surface area contributed by atoms with Crippen LogP contribution < -0.4 is 15.7 Å². The van der Waals surface area contributed by atoms with Crippen molar-refractivity contribution in [2.24, 2.45) is 0 Å². The summed E-state index contributed by atoms with van der Waals surface area (Å²) in [5.74, 6) is 0. The molecule has 3 nitrogen and oxygen atoms in total. The number of hydrogen-bond acceptors (Lipinski definition) is 1. The molecule has 8 aromatic carbocycles. The number of para-hydroxylation sites is 4. The molecule has 12 rings (SSSR count). The van der Waals surface area contributed by atoms with Gasteiger partial charge in [0, 0.05) is 55.4 Å². The number of nitrogens with zero attached hydrogens (tertiary/aromatic N) is 3. The normalized spacial score (nSPS) is 12.9. The minimum absolute atomic E-state index is 0.0670. The van der Waals surface area contributed by atoms with Crippen LogP contribution in [0.1, 0.15) is 0 Å². The van der Waals surface area contributed by atoms with E-state index >= 15 is 0 Å². The van der Waals surface area contributed by atoms with Crippen molar-refractivity contribution >= 4 is 72.8 Å². The molecule has 0 saturated carbocycles. The predicted octanol–water partition coefficient (Wildman–Crippen LogP) is 10.8. The van der Waals surface area contributed by atoms with Gasteiger partial charge in [0.05, 0.1) is 22.1 Å². The van der Waals surface area contributed by atoms with E-state index in [1.165, 1.54) is 93.9 Å². The second kappa shape index (κ2) is 10.4. The topological polar surface area (TPSA) is 13.1 Å². The highest BCUT2D eigenvalue weighted by Crippen LogP contribution is 2.51. The molecule has 0 bridgehead atoms. The van der Waals surface area contributed by atoms with Gasteiger partial charge in [0.15, 0.2) is 0 Å². The van der Waals surface area contributed by atoms with Gasteiger partial charge in [0.1, 0.15) is 0 Å². The molecule has 0 atom stereocenters. The third kappa shape index (κ3) is 3.56. The molecule has 0 amide bonds. The molecule has 0 unspecified atom stereocenters. The van der Waals surface area contributed by atoms with Crippen LogP contribution in [-0.2, 0) is 0 Å². The Morgan fingerprint density at radius 1 is 0.346 bits per heavy atom. The van der Waals surface area contributed by atoms with E-state index in [1.807, 2.05) is 0 Å². The summed E-state index contributed by atoms with van der Waals surface area (Å²) in [7, 11) is 0. The van der Waals surface area contributed by atoms with Crippen LogP contribution in [0.25, 0.3) is 77.2 Å². The molecule has 0 aliphatic carbocycles. The zero-order valence-corrected chi connectivity index (χ0v) is 28.2. The highest BCUT2D eigenvalue weighted by molar-refractivity contribution is 6.92. The first kappa shape index (κ1) is 28.0. The Hall–Kier alpha value is -6.78. The lowest BCUT2D eigenvalue weighted by molar-refractivity contribution is 1.17. The van der Waals surface area contributed by atoms with Crippen LogP contribution in [0.3, 0.4) is 0 Å². The zero-order chi connectivity index (χ0) is 33.9. The molecule has 2 aliphatic heterocycles. The van der Waals surface area contributed by atoms with Gasteiger partial charge in [0.2, 0.25) is 0 Å². The average molecular weight is 660 g/mol. The third-order valence-electron chi connectivity index (χ3n) is 11.5. The van der Waals surface area contributed by atoms with Gasteiger partial charge in [-0.15, -0.1) is 0 Å². The van der Waals surface area contributed by atoms with Crippen LogP contribution in [0.4, 0.5) is 11.4 Å². The molecule has 0 N–H and O–H groups in total. The van der Waals surface area contributed by atoms with Crippen molar-refractivity contribution in [2.45, 2.75) is 0 Å². The Kier molecular flexibility index (Phi) is 5.58. The SMILES string of the molecule is c1ccc(-n2c3ccccc3c3c4c5ccc6c(c5n(-c5ccccc5)c4ccc32)-c2ccccc2B2c3ccccc3-c3ccccc3N26)cc1. The molecule has 0 saturated heterocycles. The van der Waals surface area contributed by atoms with E-state index in [1.54, 1.807) is 0 Å². The van der Waals surface area contributed by atoms with Crippen LogP contribution in [-0.4, -0.2) is 16.0 Å². The van der Waals surface area contributed by atoms with E-state index < -0.39 is 0 Å². The zero-order valence-electron chi connectivity index (χ0n) is 28.2. The maximum Gasteiger partial charge on any atom is 0.329 e. The van der Waals surface area contributed by atoms with E-state index in [9.17, 15) is 0 Å². The van der Waals surface area contributed by atoms with Gasteiger partial charge >= 0.3 is 6.85 Å². The number of anilines is 2. The van der Waals surface area contributed by atoms with Crippen molar-refractivity contribution in [3.63, 3.8) is 0 Å². The fourth-order valence-electron chi connectivity index (χ4n) is 9.52. The maximum atomic E-state index is 2.61. The van der Waals surface area contributed by atoms with E-state index in [2.05, 4.69) is 196 Å². The van der Waals surface area contributed by atoms with Gasteiger partial charge in [-0.2, -0.15) is 0 Å². The van der Waals surface area contributed by atoms with Crippen LogP contribution in [0.5, 0.6) is 0 Å². The second-order valence-electron chi connectivity index (χ2n) is 14.0. The van der Waals surface area contributed by atoms with Gasteiger partial charge < -0.3 is 13.9 Å². The summed E-state index contributed by atoms with van der Waals surface area (Å²) in [5.41, 5.74) is 17.5. The van der Waals surface area contributed by atoms with Crippen molar-refractivity contribution < 1.29 is 0 Å². The number of hydrogen-bond donors (Lipinski definition) is 0. The van der Waals surface area contributed by atoms with E-state index in [-0.39, 0.29) is 6.85 Å². The first-order valence-corrected chi connectivity index (χ1v) is 18.1. The smallest absolute Gasteiger partial charge is 0.329 e. The van der Waals surface area contributed by atoms with Gasteiger partial charge in [0.25, 0.3) is 0 Å². The Bertz CT molecular complexity index is 3080. The molecule has 4 heteroatoms. The summed E-state index contributed by atoms with van der Waals surface area (Å²) in [5, 5.41) is 5.10. The Morgan fingerprint density at radius 2 is 0.904 bits per heavy atom. The summed E-state index contributed by atoms with van der Waals surface area (Å²) < 4.78 is 4.95. The largest absolute Gasteiger partial charge is 0.376 e. The summed E-state index contributed by atoms with van der Waals surface area (Å²) in [6.07, 6.45) is 0. The number of rotatable bonds is 2. The van der Waals surface area contributed by atoms with Crippen molar-refractivity contribution in [1.29, 1.82) is 0 Å². The van der Waals surface area contributed by atoms with Gasteiger partial charge in [-0.25, -0.2) is 0 Å². The molecule has 0 radical (unpaired) electrons. The van der Waals surface area contributed by atoms with Crippen molar-refractivity contribution in [1.82, 2.24) is 9.13 Å². The number of aromatic nitrogens is 2. The van der Waals surface area contributed by atoms with E-state index in [0.29, 0.717) is 0 Å². The molecule has 240 valence electrons. The monoisotopic (exact) mass is 659 g/mol. The highest BCUT2D eigenvalue weighted by Gasteiger charge is 2.43. The molecular weight excluding hydrogens is 629 g/mol. The van der Waals surface area contributed by atoms with Crippen molar-refractivity contribution in [3.05, 3.63) is 182 Å². The summed E-state index contributed by atoms with van der Waals surface area (Å²) in [6, 6.07) is 67.1.